The number of carbonyl (C=O) groups is 1. The minimum absolute atomic E-state index is 0. The highest BCUT2D eigenvalue weighted by Gasteiger charge is 2.18. The highest BCUT2D eigenvalue weighted by atomic mass is 35.5. The van der Waals surface area contributed by atoms with Crippen molar-refractivity contribution >= 4 is 29.9 Å². The van der Waals surface area contributed by atoms with Crippen molar-refractivity contribution in [1.29, 1.82) is 0 Å². The summed E-state index contributed by atoms with van der Waals surface area (Å²) in [6.45, 7) is 1.92. The molecular formula is C13H19Cl2FN2O2. The molecule has 114 valence electrons. The maximum atomic E-state index is 13.7. The molecule has 1 rings (SSSR count). The van der Waals surface area contributed by atoms with Crippen LogP contribution in [0.2, 0.25) is 5.02 Å². The zero-order chi connectivity index (χ0) is 14.4. The van der Waals surface area contributed by atoms with Crippen molar-refractivity contribution in [3.05, 3.63) is 34.6 Å². The molecule has 0 saturated carbocycles. The Morgan fingerprint density at radius 2 is 2.20 bits per heavy atom. The lowest BCUT2D eigenvalue weighted by Crippen LogP contribution is -2.33. The first-order valence-corrected chi connectivity index (χ1v) is 6.33. The number of benzene rings is 1. The molecule has 2 atom stereocenters. The summed E-state index contributed by atoms with van der Waals surface area (Å²) in [6.07, 6.45) is -0.216. The van der Waals surface area contributed by atoms with Crippen LogP contribution in [0.4, 0.5) is 4.39 Å². The average molecular weight is 325 g/mol. The minimum Gasteiger partial charge on any atom is -0.380 e. The average Bonchev–Trinajstić information content (AvgIpc) is 2.35. The predicted molar refractivity (Wildman–Crippen MR) is 79.7 cm³/mol. The smallest absolute Gasteiger partial charge is 0.223 e. The topological polar surface area (TPSA) is 64.3 Å². The molecule has 0 aliphatic carbocycles. The molecule has 0 spiro atoms. The zero-order valence-corrected chi connectivity index (χ0v) is 12.9. The second-order valence-corrected chi connectivity index (χ2v) is 4.63. The van der Waals surface area contributed by atoms with Crippen LogP contribution in [-0.2, 0) is 9.53 Å². The second kappa shape index (κ2) is 9.13. The summed E-state index contributed by atoms with van der Waals surface area (Å²) >= 11 is 5.93. The quantitative estimate of drug-likeness (QED) is 0.844. The first-order valence-electron chi connectivity index (χ1n) is 5.95. The van der Waals surface area contributed by atoms with E-state index >= 15 is 0 Å². The number of hydrogen-bond acceptors (Lipinski definition) is 3. The lowest BCUT2D eigenvalue weighted by Gasteiger charge is -2.18. The lowest BCUT2D eigenvalue weighted by molar-refractivity contribution is -0.124. The highest BCUT2D eigenvalue weighted by Crippen LogP contribution is 2.25. The van der Waals surface area contributed by atoms with Crippen molar-refractivity contribution in [2.24, 2.45) is 5.73 Å². The molecule has 2 unspecified atom stereocenters. The van der Waals surface area contributed by atoms with Crippen molar-refractivity contribution in [1.82, 2.24) is 5.32 Å². The maximum absolute atomic E-state index is 13.7. The second-order valence-electron chi connectivity index (χ2n) is 4.22. The number of carbonyl (C=O) groups excluding carboxylic acids is 1. The number of nitrogens with one attached hydrogen (secondary N) is 1. The molecule has 3 N–H and O–H groups in total. The lowest BCUT2D eigenvalue weighted by atomic mass is 10.1. The van der Waals surface area contributed by atoms with Crippen LogP contribution in [0.15, 0.2) is 18.2 Å². The third kappa shape index (κ3) is 5.25. The molecule has 0 aliphatic rings. The van der Waals surface area contributed by atoms with Gasteiger partial charge in [0, 0.05) is 24.2 Å². The van der Waals surface area contributed by atoms with E-state index in [1.165, 1.54) is 19.2 Å². The van der Waals surface area contributed by atoms with Crippen LogP contribution in [0, 0.1) is 5.82 Å². The van der Waals surface area contributed by atoms with Crippen molar-refractivity contribution < 1.29 is 13.9 Å². The monoisotopic (exact) mass is 324 g/mol. The molecule has 0 saturated heterocycles. The molecule has 1 aromatic rings. The molecule has 0 fully saturated rings. The van der Waals surface area contributed by atoms with Crippen molar-refractivity contribution in [3.63, 3.8) is 0 Å². The van der Waals surface area contributed by atoms with Gasteiger partial charge in [-0.25, -0.2) is 4.39 Å². The number of nitrogens with two attached hydrogens (primary N) is 1. The van der Waals surface area contributed by atoms with E-state index < -0.39 is 11.9 Å². The Morgan fingerprint density at radius 1 is 1.55 bits per heavy atom. The fraction of sp³-hybridized carbons (Fsp3) is 0.462. The van der Waals surface area contributed by atoms with Crippen LogP contribution >= 0.6 is 24.0 Å². The van der Waals surface area contributed by atoms with Crippen LogP contribution in [0.5, 0.6) is 0 Å². The predicted octanol–water partition coefficient (Wildman–Crippen LogP) is 2.44. The Balaban J connectivity index is 0.00000361. The molecule has 0 heterocycles. The third-order valence-electron chi connectivity index (χ3n) is 2.82. The summed E-state index contributed by atoms with van der Waals surface area (Å²) in [5.41, 5.74) is 5.71. The number of halogens is 3. The Morgan fingerprint density at radius 3 is 2.70 bits per heavy atom. The molecular weight excluding hydrogens is 306 g/mol. The van der Waals surface area contributed by atoms with Gasteiger partial charge in [-0.05, 0) is 19.1 Å². The molecule has 0 radical (unpaired) electrons. The summed E-state index contributed by atoms with van der Waals surface area (Å²) in [4.78, 5) is 11.8. The molecule has 20 heavy (non-hydrogen) atoms. The van der Waals surface area contributed by atoms with Gasteiger partial charge in [0.05, 0.1) is 18.6 Å². The summed E-state index contributed by atoms with van der Waals surface area (Å²) < 4.78 is 18.7. The number of hydrogen-bond donors (Lipinski definition) is 2. The van der Waals surface area contributed by atoms with Gasteiger partial charge < -0.3 is 15.8 Å². The standard InChI is InChI=1S/C13H18ClFN2O2.ClH/c1-8(13-10(14)4-3-5-11(13)15)17-12(18)6-9(7-16)19-2;/h3-5,8-9H,6-7,16H2,1-2H3,(H,17,18);1H. The van der Waals surface area contributed by atoms with Crippen LogP contribution in [0.3, 0.4) is 0 Å². The summed E-state index contributed by atoms with van der Waals surface area (Å²) in [6, 6.07) is 3.89. The maximum Gasteiger partial charge on any atom is 0.223 e. The van der Waals surface area contributed by atoms with Gasteiger partial charge in [-0.15, -0.1) is 12.4 Å². The molecule has 0 bridgehead atoms. The summed E-state index contributed by atoms with van der Waals surface area (Å²) in [7, 11) is 1.49. The normalized spacial score (nSPS) is 13.2. The van der Waals surface area contributed by atoms with Gasteiger partial charge in [-0.1, -0.05) is 17.7 Å². The first kappa shape index (κ1) is 19.1. The van der Waals surface area contributed by atoms with Gasteiger partial charge in [-0.2, -0.15) is 0 Å². The van der Waals surface area contributed by atoms with E-state index in [0.717, 1.165) is 0 Å². The molecule has 0 aliphatic heterocycles. The van der Waals surface area contributed by atoms with E-state index in [9.17, 15) is 9.18 Å². The van der Waals surface area contributed by atoms with Gasteiger partial charge >= 0.3 is 0 Å². The third-order valence-corrected chi connectivity index (χ3v) is 3.15. The van der Waals surface area contributed by atoms with E-state index in [1.807, 2.05) is 0 Å². The SMILES string of the molecule is COC(CN)CC(=O)NC(C)c1c(F)cccc1Cl.Cl. The Labute approximate surface area is 129 Å². The van der Waals surface area contributed by atoms with Gasteiger partial charge in [0.2, 0.25) is 5.91 Å². The van der Waals surface area contributed by atoms with Crippen LogP contribution in [-0.4, -0.2) is 25.7 Å². The van der Waals surface area contributed by atoms with Gasteiger partial charge in [0.25, 0.3) is 0 Å². The first-order chi connectivity index (χ1) is 8.99. The fourth-order valence-corrected chi connectivity index (χ4v) is 2.09. The number of rotatable bonds is 6. The van der Waals surface area contributed by atoms with E-state index in [-0.39, 0.29) is 48.0 Å². The Hall–Kier alpha value is -0.880. The summed E-state index contributed by atoms with van der Waals surface area (Å²) in [5.74, 6) is -0.702. The summed E-state index contributed by atoms with van der Waals surface area (Å²) in [5, 5.41) is 2.96. The van der Waals surface area contributed by atoms with E-state index in [1.54, 1.807) is 13.0 Å². The molecule has 1 amide bonds. The molecule has 1 aromatic carbocycles. The van der Waals surface area contributed by atoms with Crippen LogP contribution < -0.4 is 11.1 Å². The van der Waals surface area contributed by atoms with Crippen molar-refractivity contribution in [2.45, 2.75) is 25.5 Å². The number of amides is 1. The highest BCUT2D eigenvalue weighted by molar-refractivity contribution is 6.31. The van der Waals surface area contributed by atoms with Gasteiger partial charge in [0.1, 0.15) is 5.82 Å². The molecule has 4 nitrogen and oxygen atoms in total. The Bertz CT molecular complexity index is 422. The van der Waals surface area contributed by atoms with Crippen molar-refractivity contribution in [2.75, 3.05) is 13.7 Å². The molecule has 7 heteroatoms. The minimum atomic E-state index is -0.517. The van der Waals surface area contributed by atoms with Gasteiger partial charge in [-0.3, -0.25) is 4.79 Å². The molecule has 0 aromatic heterocycles. The van der Waals surface area contributed by atoms with Crippen LogP contribution in [0.25, 0.3) is 0 Å². The largest absolute Gasteiger partial charge is 0.380 e. The van der Waals surface area contributed by atoms with E-state index in [2.05, 4.69) is 5.32 Å². The Kier molecular flexibility index (Phi) is 8.73. The zero-order valence-electron chi connectivity index (χ0n) is 11.4. The van der Waals surface area contributed by atoms with Gasteiger partial charge in [0.15, 0.2) is 0 Å². The van der Waals surface area contributed by atoms with E-state index in [4.69, 9.17) is 22.1 Å². The number of methoxy groups -OCH3 is 1. The van der Waals surface area contributed by atoms with Crippen LogP contribution in [0.1, 0.15) is 24.9 Å². The van der Waals surface area contributed by atoms with Crippen molar-refractivity contribution in [3.8, 4) is 0 Å². The van der Waals surface area contributed by atoms with E-state index in [0.29, 0.717) is 0 Å². The number of ether oxygens (including phenoxy) is 1. The fourth-order valence-electron chi connectivity index (χ4n) is 1.77.